The van der Waals surface area contributed by atoms with Gasteiger partial charge in [0.25, 0.3) is 0 Å². The Labute approximate surface area is 249 Å². The molecule has 3 saturated heterocycles. The van der Waals surface area contributed by atoms with Gasteiger partial charge in [0.05, 0.1) is 31.4 Å². The number of likely N-dealkylation sites (tertiary alicyclic amines) is 1. The molecule has 0 aromatic carbocycles. The van der Waals surface area contributed by atoms with Crippen LogP contribution in [0, 0.1) is 18.3 Å². The van der Waals surface area contributed by atoms with E-state index >= 15 is 0 Å². The predicted molar refractivity (Wildman–Crippen MR) is 166 cm³/mol. The van der Waals surface area contributed by atoms with Crippen molar-refractivity contribution >= 4 is 11.9 Å². The standard InChI is InChI=1S/C28H47N5O4.2C2H6/c1-21-13-24(29-33(21)23-15-28(16-23)18-31(19-28)25(34)37-26(2,3)4)32-8-7-22(14-27(32,5)20-35-6)17-30-9-11-36-12-10-30;2*1-2/h13,22-23H,7-12,14-20H2,1-6H3;2*1-2H3. The summed E-state index contributed by atoms with van der Waals surface area (Å²) >= 11 is 0. The lowest BCUT2D eigenvalue weighted by Gasteiger charge is -2.58. The Balaban J connectivity index is 0.00000111. The maximum Gasteiger partial charge on any atom is 0.410 e. The average molecular weight is 578 g/mol. The van der Waals surface area contributed by atoms with Gasteiger partial charge in [0.2, 0.25) is 0 Å². The molecule has 4 heterocycles. The monoisotopic (exact) mass is 577 g/mol. The maximum absolute atomic E-state index is 12.4. The van der Waals surface area contributed by atoms with Crippen molar-refractivity contribution in [1.82, 2.24) is 19.6 Å². The van der Waals surface area contributed by atoms with Crippen LogP contribution in [0.2, 0.25) is 0 Å². The van der Waals surface area contributed by atoms with Gasteiger partial charge >= 0.3 is 6.09 Å². The molecular formula is C32H59N5O4. The molecule has 1 saturated carbocycles. The number of aromatic nitrogens is 2. The van der Waals surface area contributed by atoms with Crippen LogP contribution in [0.15, 0.2) is 6.07 Å². The smallest absolute Gasteiger partial charge is 0.410 e. The third-order valence-corrected chi connectivity index (χ3v) is 8.79. The summed E-state index contributed by atoms with van der Waals surface area (Å²) in [5.74, 6) is 1.74. The van der Waals surface area contributed by atoms with Crippen molar-refractivity contribution < 1.29 is 19.0 Å². The molecule has 1 aliphatic carbocycles. The van der Waals surface area contributed by atoms with Crippen molar-refractivity contribution in [3.05, 3.63) is 11.8 Å². The Hall–Kier alpha value is -1.84. The highest BCUT2D eigenvalue weighted by Crippen LogP contribution is 2.54. The van der Waals surface area contributed by atoms with Gasteiger partial charge < -0.3 is 24.0 Å². The molecule has 4 fully saturated rings. The number of anilines is 1. The molecule has 9 nitrogen and oxygen atoms in total. The van der Waals surface area contributed by atoms with Gasteiger partial charge in [-0.1, -0.05) is 27.7 Å². The van der Waals surface area contributed by atoms with E-state index in [0.717, 1.165) is 77.6 Å². The topological polar surface area (TPSA) is 72.3 Å². The molecule has 1 amide bonds. The summed E-state index contributed by atoms with van der Waals surface area (Å²) in [6.45, 7) is 26.5. The van der Waals surface area contributed by atoms with Gasteiger partial charge in [-0.05, 0) is 66.2 Å². The van der Waals surface area contributed by atoms with Crippen molar-refractivity contribution in [3.63, 3.8) is 0 Å². The van der Waals surface area contributed by atoms with E-state index < -0.39 is 5.60 Å². The molecule has 9 heteroatoms. The molecule has 0 bridgehead atoms. The number of methoxy groups -OCH3 is 1. The summed E-state index contributed by atoms with van der Waals surface area (Å²) < 4.78 is 19.1. The minimum absolute atomic E-state index is 0.0711. The molecule has 1 spiro atoms. The molecule has 2 atom stereocenters. The highest BCUT2D eigenvalue weighted by Gasteiger charge is 2.55. The number of rotatable bonds is 6. The Morgan fingerprint density at radius 2 is 1.71 bits per heavy atom. The SMILES string of the molecule is CC.CC.COCC1(C)CC(CN2CCOCC2)CCN1c1cc(C)n(C2CC3(C2)CN(C(=O)OC(C)(C)C)C3)n1. The quantitative estimate of drug-likeness (QED) is 0.425. The van der Waals surface area contributed by atoms with Crippen molar-refractivity contribution in [2.75, 3.05) is 71.1 Å². The van der Waals surface area contributed by atoms with E-state index in [2.05, 4.69) is 34.4 Å². The van der Waals surface area contributed by atoms with Gasteiger partial charge in [-0.2, -0.15) is 5.10 Å². The zero-order valence-corrected chi connectivity index (χ0v) is 27.8. The molecule has 0 radical (unpaired) electrons. The lowest BCUT2D eigenvalue weighted by Crippen LogP contribution is -2.64. The number of amides is 1. The molecule has 2 unspecified atom stereocenters. The number of hydrogen-bond acceptors (Lipinski definition) is 7. The number of ether oxygens (including phenoxy) is 3. The fraction of sp³-hybridized carbons (Fsp3) is 0.875. The second kappa shape index (κ2) is 14.1. The van der Waals surface area contributed by atoms with Crippen molar-refractivity contribution in [3.8, 4) is 0 Å². The summed E-state index contributed by atoms with van der Waals surface area (Å²) in [6.07, 6.45) is 4.25. The Bertz CT molecular complexity index is 956. The number of nitrogens with zero attached hydrogens (tertiary/aromatic N) is 5. The molecule has 1 aromatic heterocycles. The van der Waals surface area contributed by atoms with Crippen LogP contribution in [-0.4, -0.2) is 103 Å². The molecule has 1 aromatic rings. The summed E-state index contributed by atoms with van der Waals surface area (Å²) in [4.78, 5) is 19.3. The van der Waals surface area contributed by atoms with Crippen LogP contribution in [0.4, 0.5) is 10.6 Å². The van der Waals surface area contributed by atoms with E-state index in [-0.39, 0.29) is 17.0 Å². The maximum atomic E-state index is 12.4. The van der Waals surface area contributed by atoms with Crippen LogP contribution in [0.5, 0.6) is 0 Å². The van der Waals surface area contributed by atoms with Crippen LogP contribution >= 0.6 is 0 Å². The normalized spacial score (nSPS) is 26.2. The second-order valence-corrected chi connectivity index (χ2v) is 13.3. The van der Waals surface area contributed by atoms with Crippen LogP contribution in [0.25, 0.3) is 0 Å². The average Bonchev–Trinajstić information content (AvgIpc) is 3.25. The Morgan fingerprint density at radius 3 is 2.29 bits per heavy atom. The number of hydrogen-bond donors (Lipinski definition) is 0. The van der Waals surface area contributed by atoms with Gasteiger partial charge in [0, 0.05) is 63.6 Å². The van der Waals surface area contributed by atoms with Gasteiger partial charge in [-0.25, -0.2) is 4.79 Å². The van der Waals surface area contributed by atoms with Crippen LogP contribution in [-0.2, 0) is 14.2 Å². The first-order valence-corrected chi connectivity index (χ1v) is 16.1. The minimum Gasteiger partial charge on any atom is -0.444 e. The number of piperidine rings is 1. The van der Waals surface area contributed by atoms with Crippen LogP contribution in [0.1, 0.15) is 92.8 Å². The van der Waals surface area contributed by atoms with Gasteiger partial charge in [0.15, 0.2) is 5.82 Å². The van der Waals surface area contributed by atoms with E-state index in [1.165, 1.54) is 12.1 Å². The lowest BCUT2D eigenvalue weighted by molar-refractivity contribution is -0.0930. The van der Waals surface area contributed by atoms with Crippen LogP contribution in [0.3, 0.4) is 0 Å². The van der Waals surface area contributed by atoms with E-state index in [1.807, 2.05) is 60.5 Å². The van der Waals surface area contributed by atoms with Gasteiger partial charge in [0.1, 0.15) is 5.60 Å². The summed E-state index contributed by atoms with van der Waals surface area (Å²) in [7, 11) is 1.81. The van der Waals surface area contributed by atoms with E-state index in [4.69, 9.17) is 19.3 Å². The largest absolute Gasteiger partial charge is 0.444 e. The van der Waals surface area contributed by atoms with Crippen molar-refractivity contribution in [2.24, 2.45) is 11.3 Å². The fourth-order valence-corrected chi connectivity index (χ4v) is 7.12. The zero-order chi connectivity index (χ0) is 30.4. The second-order valence-electron chi connectivity index (χ2n) is 13.3. The van der Waals surface area contributed by atoms with E-state index in [0.29, 0.717) is 18.6 Å². The number of aryl methyl sites for hydroxylation is 1. The molecule has 236 valence electrons. The van der Waals surface area contributed by atoms with Crippen LogP contribution < -0.4 is 4.90 Å². The molecule has 5 rings (SSSR count). The summed E-state index contributed by atoms with van der Waals surface area (Å²) in [5, 5.41) is 5.16. The molecule has 41 heavy (non-hydrogen) atoms. The molecular weight excluding hydrogens is 518 g/mol. The number of carbonyl (C=O) groups excluding carboxylic acids is 1. The van der Waals surface area contributed by atoms with E-state index in [9.17, 15) is 4.79 Å². The Kier molecular flexibility index (Phi) is 11.6. The minimum atomic E-state index is -0.446. The summed E-state index contributed by atoms with van der Waals surface area (Å²) in [5.41, 5.74) is 0.938. The first-order valence-electron chi connectivity index (χ1n) is 16.1. The fourth-order valence-electron chi connectivity index (χ4n) is 7.12. The number of morpholine rings is 1. The summed E-state index contributed by atoms with van der Waals surface area (Å²) in [6, 6.07) is 2.66. The van der Waals surface area contributed by atoms with Crippen molar-refractivity contribution in [1.29, 1.82) is 0 Å². The highest BCUT2D eigenvalue weighted by atomic mass is 16.6. The third-order valence-electron chi connectivity index (χ3n) is 8.79. The number of carbonyl (C=O) groups is 1. The first-order chi connectivity index (χ1) is 19.5. The zero-order valence-electron chi connectivity index (χ0n) is 27.8. The molecule has 0 N–H and O–H groups in total. The highest BCUT2D eigenvalue weighted by molar-refractivity contribution is 5.69. The third kappa shape index (κ3) is 7.96. The van der Waals surface area contributed by atoms with Crippen molar-refractivity contribution in [2.45, 2.75) is 105 Å². The molecule has 4 aliphatic rings. The predicted octanol–water partition coefficient (Wildman–Crippen LogP) is 5.77. The first kappa shape index (κ1) is 33.7. The van der Waals surface area contributed by atoms with Gasteiger partial charge in [-0.3, -0.25) is 9.58 Å². The lowest BCUT2D eigenvalue weighted by atomic mass is 9.61. The molecule has 3 aliphatic heterocycles. The van der Waals surface area contributed by atoms with Gasteiger partial charge in [-0.15, -0.1) is 0 Å². The van der Waals surface area contributed by atoms with E-state index in [1.54, 1.807) is 0 Å². The Morgan fingerprint density at radius 1 is 1.07 bits per heavy atom.